The minimum atomic E-state index is -0.310. The van der Waals surface area contributed by atoms with Crippen LogP contribution >= 0.6 is 0 Å². The number of hydrogen-bond acceptors (Lipinski definition) is 3. The Kier molecular flexibility index (Phi) is 3.56. The van der Waals surface area contributed by atoms with Gasteiger partial charge in [-0.05, 0) is 0 Å². The molecule has 0 atom stereocenters. The Balaban J connectivity index is 1.98. The quantitative estimate of drug-likeness (QED) is 0.487. The van der Waals surface area contributed by atoms with E-state index in [1.807, 2.05) is 0 Å². The summed E-state index contributed by atoms with van der Waals surface area (Å²) in [5.74, 6) is 0. The third kappa shape index (κ3) is 2.66. The van der Waals surface area contributed by atoms with Gasteiger partial charge in [-0.3, -0.25) is 0 Å². The molecular weight excluding hydrogens is 133 g/mol. The van der Waals surface area contributed by atoms with Crippen molar-refractivity contribution in [3.05, 3.63) is 0 Å². The molecule has 0 saturated carbocycles. The Morgan fingerprint density at radius 1 is 1.78 bits per heavy atom. The van der Waals surface area contributed by atoms with Crippen molar-refractivity contribution in [3.63, 3.8) is 0 Å². The van der Waals surface area contributed by atoms with E-state index in [1.54, 1.807) is 7.11 Å². The lowest BCUT2D eigenvalue weighted by Gasteiger charge is -2.10. The molecule has 0 aromatic heterocycles. The molecule has 1 heterocycles. The smallest absolute Gasteiger partial charge is 0.490 e. The van der Waals surface area contributed by atoms with E-state index < -0.39 is 0 Å². The van der Waals surface area contributed by atoms with E-state index >= 15 is 0 Å². The lowest BCUT2D eigenvalue weighted by molar-refractivity contribution is 0.182. The molecule has 52 valence electrons. The van der Waals surface area contributed by atoms with Crippen molar-refractivity contribution >= 4 is 15.8 Å². The van der Waals surface area contributed by atoms with Crippen LogP contribution in [0.5, 0.6) is 0 Å². The van der Waals surface area contributed by atoms with Gasteiger partial charge in [-0.2, -0.15) is 0 Å². The molecule has 1 saturated heterocycles. The molecule has 0 unspecified atom stereocenters. The highest BCUT2D eigenvalue weighted by Crippen LogP contribution is 1.93. The van der Waals surface area contributed by atoms with Gasteiger partial charge in [0.2, 0.25) is 0 Å². The highest BCUT2D eigenvalue weighted by atomic mass is 27.1. The van der Waals surface area contributed by atoms with Crippen molar-refractivity contribution in [1.29, 1.82) is 0 Å². The first-order valence-corrected chi connectivity index (χ1v) is 4.43. The minimum Gasteiger partial charge on any atom is -0.490 e. The third-order valence-electron chi connectivity index (χ3n) is 1.44. The molecule has 0 spiro atoms. The first-order chi connectivity index (χ1) is 4.43. The monoisotopic (exact) mass is 145 g/mol. The summed E-state index contributed by atoms with van der Waals surface area (Å²) in [6.45, 7) is 3.96. The Hall–Kier alpha value is 0.412. The molecule has 4 heteroatoms. The molecule has 1 aliphatic heterocycles. The van der Waals surface area contributed by atoms with E-state index in [2.05, 4.69) is 3.88 Å². The normalized spacial score (nSPS) is 20.1. The van der Waals surface area contributed by atoms with Gasteiger partial charge in [0.15, 0.2) is 0 Å². The molecule has 0 aromatic carbocycles. The first kappa shape index (κ1) is 7.52. The van der Waals surface area contributed by atoms with E-state index in [0.717, 1.165) is 26.3 Å². The molecule has 0 N–H and O–H groups in total. The molecule has 0 aromatic rings. The number of nitrogens with zero attached hydrogens (tertiary/aromatic N) is 1. The van der Waals surface area contributed by atoms with Crippen molar-refractivity contribution < 1.29 is 8.53 Å². The summed E-state index contributed by atoms with van der Waals surface area (Å²) in [5.41, 5.74) is 0. The Morgan fingerprint density at radius 2 is 2.67 bits per heavy atom. The Labute approximate surface area is 62.2 Å². The van der Waals surface area contributed by atoms with Gasteiger partial charge < -0.3 is 12.4 Å². The summed E-state index contributed by atoms with van der Waals surface area (Å²) in [5, 5.41) is 0. The summed E-state index contributed by atoms with van der Waals surface area (Å²) in [6, 6.07) is 0. The molecule has 9 heavy (non-hydrogen) atoms. The van der Waals surface area contributed by atoms with Crippen molar-refractivity contribution in [2.75, 3.05) is 33.4 Å². The van der Waals surface area contributed by atoms with Crippen LogP contribution in [0.1, 0.15) is 0 Å². The van der Waals surface area contributed by atoms with E-state index in [-0.39, 0.29) is 15.8 Å². The molecule has 1 fully saturated rings. The summed E-state index contributed by atoms with van der Waals surface area (Å²) < 4.78 is 12.6. The highest BCUT2D eigenvalue weighted by Gasteiger charge is 2.14. The van der Waals surface area contributed by atoms with E-state index in [9.17, 15) is 0 Å². The van der Waals surface area contributed by atoms with Crippen molar-refractivity contribution in [2.45, 2.75) is 0 Å². The van der Waals surface area contributed by atoms with Crippen LogP contribution in [0, 0.1) is 0 Å². The van der Waals surface area contributed by atoms with Gasteiger partial charge in [0, 0.05) is 26.8 Å². The molecule has 0 bridgehead atoms. The number of rotatable bonds is 3. The van der Waals surface area contributed by atoms with Crippen LogP contribution < -0.4 is 0 Å². The number of ether oxygens (including phenoxy) is 1. The van der Waals surface area contributed by atoms with Gasteiger partial charge in [0.25, 0.3) is 0 Å². The zero-order valence-corrected chi connectivity index (χ0v) is 7.21. The van der Waals surface area contributed by atoms with Gasteiger partial charge >= 0.3 is 15.8 Å². The maximum absolute atomic E-state index is 5.26. The minimum absolute atomic E-state index is 0.310. The zero-order chi connectivity index (χ0) is 6.53. The molecule has 1 aliphatic rings. The second-order valence-corrected chi connectivity index (χ2v) is 3.71. The average molecular weight is 145 g/mol. The molecule has 0 amide bonds. The number of hydrogen-bond donors (Lipinski definition) is 0. The lowest BCUT2D eigenvalue weighted by Crippen LogP contribution is -2.26. The maximum atomic E-state index is 5.26. The first-order valence-electron chi connectivity index (χ1n) is 3.22. The van der Waals surface area contributed by atoms with Crippen LogP contribution in [-0.4, -0.2) is 53.1 Å². The van der Waals surface area contributed by atoms with Crippen LogP contribution in [0.3, 0.4) is 0 Å². The fourth-order valence-electron chi connectivity index (χ4n) is 0.849. The highest BCUT2D eigenvalue weighted by molar-refractivity contribution is 6.24. The molecule has 0 aliphatic carbocycles. The van der Waals surface area contributed by atoms with Crippen molar-refractivity contribution in [3.8, 4) is 0 Å². The molecule has 0 radical (unpaired) electrons. The van der Waals surface area contributed by atoms with Crippen LogP contribution in [0.25, 0.3) is 0 Å². The van der Waals surface area contributed by atoms with Crippen LogP contribution in [0.4, 0.5) is 0 Å². The van der Waals surface area contributed by atoms with Gasteiger partial charge in [0.1, 0.15) is 0 Å². The topological polar surface area (TPSA) is 21.7 Å². The second kappa shape index (κ2) is 4.26. The molecule has 3 nitrogen and oxygen atoms in total. The third-order valence-corrected chi connectivity index (χ3v) is 2.91. The van der Waals surface area contributed by atoms with Gasteiger partial charge in [-0.1, -0.05) is 0 Å². The van der Waals surface area contributed by atoms with Gasteiger partial charge in [-0.15, -0.1) is 0 Å². The largest absolute Gasteiger partial charge is 0.555 e. The fourth-order valence-corrected chi connectivity index (χ4v) is 1.88. The van der Waals surface area contributed by atoms with E-state index in [1.165, 1.54) is 0 Å². The number of methoxy groups -OCH3 is 1. The van der Waals surface area contributed by atoms with E-state index in [0.29, 0.717) is 0 Å². The van der Waals surface area contributed by atoms with Gasteiger partial charge in [-0.25, -0.2) is 0 Å². The molecular formula is C5H12AlNO2. The van der Waals surface area contributed by atoms with Crippen molar-refractivity contribution in [2.24, 2.45) is 0 Å². The van der Waals surface area contributed by atoms with Crippen LogP contribution in [-0.2, 0) is 8.53 Å². The standard InChI is InChI=1S/C5H11NO2.Al.H/c1-8-5-3-6-2-4-7;;/h2-5H2,1H3;;/q-2;+2;. The zero-order valence-electron chi connectivity index (χ0n) is 5.80. The lowest BCUT2D eigenvalue weighted by atomic mass is 10.6. The predicted octanol–water partition coefficient (Wildman–Crippen LogP) is -0.768. The van der Waals surface area contributed by atoms with Gasteiger partial charge in [0.05, 0.1) is 6.61 Å². The van der Waals surface area contributed by atoms with Crippen molar-refractivity contribution in [1.82, 2.24) is 3.88 Å². The Bertz CT molecular complexity index is 75.4. The fraction of sp³-hybridized carbons (Fsp3) is 1.00. The average Bonchev–Trinajstić information content (AvgIpc) is 2.34. The Morgan fingerprint density at radius 3 is 3.22 bits per heavy atom. The summed E-state index contributed by atoms with van der Waals surface area (Å²) >= 11 is -0.310. The van der Waals surface area contributed by atoms with Crippen LogP contribution in [0.2, 0.25) is 0 Å². The second-order valence-electron chi connectivity index (χ2n) is 2.15. The summed E-state index contributed by atoms with van der Waals surface area (Å²) in [7, 11) is 1.73. The van der Waals surface area contributed by atoms with E-state index in [4.69, 9.17) is 8.53 Å². The van der Waals surface area contributed by atoms with Crippen LogP contribution in [0.15, 0.2) is 0 Å². The predicted molar refractivity (Wildman–Crippen MR) is 36.5 cm³/mol. The summed E-state index contributed by atoms with van der Waals surface area (Å²) in [6.07, 6.45) is 0. The maximum Gasteiger partial charge on any atom is 0.555 e. The molecule has 1 rings (SSSR count). The SMILES string of the molecule is COCC[N]1CC[O][AlH]1. The summed E-state index contributed by atoms with van der Waals surface area (Å²) in [4.78, 5) is 0.